The highest BCUT2D eigenvalue weighted by Gasteiger charge is 2.68. The third-order valence-electron chi connectivity index (χ3n) is 8.25. The van der Waals surface area contributed by atoms with Gasteiger partial charge in [-0.25, -0.2) is 0 Å². The molecule has 5 aliphatic rings. The Bertz CT molecular complexity index is 1110. The van der Waals surface area contributed by atoms with Gasteiger partial charge in [-0.15, -0.1) is 0 Å². The van der Waals surface area contributed by atoms with Gasteiger partial charge >= 0.3 is 0 Å². The molecular weight excluding hydrogens is 410 g/mol. The van der Waals surface area contributed by atoms with Crippen molar-refractivity contribution in [2.75, 3.05) is 38.8 Å². The lowest BCUT2D eigenvalue weighted by Crippen LogP contribution is -2.66. The van der Waals surface area contributed by atoms with Crippen molar-refractivity contribution in [2.45, 2.75) is 36.8 Å². The number of benzene rings is 1. The monoisotopic (exact) mass is 435 g/mol. The molecule has 1 aromatic rings. The number of piperidine rings is 1. The zero-order valence-corrected chi connectivity index (χ0v) is 18.2. The second kappa shape index (κ2) is 6.72. The second-order valence-electron chi connectivity index (χ2n) is 9.34. The van der Waals surface area contributed by atoms with Crippen LogP contribution in [0, 0.1) is 23.3 Å². The Morgan fingerprint density at radius 3 is 2.72 bits per heavy atom. The van der Waals surface area contributed by atoms with Gasteiger partial charge < -0.3 is 24.0 Å². The van der Waals surface area contributed by atoms with Gasteiger partial charge in [0.1, 0.15) is 5.78 Å². The number of fused-ring (bicyclic) bond motifs is 2. The number of carbonyl (C=O) groups excluding carboxylic acids is 2. The lowest BCUT2D eigenvalue weighted by molar-refractivity contribution is -0.140. The first-order chi connectivity index (χ1) is 15.5. The van der Waals surface area contributed by atoms with Crippen molar-refractivity contribution >= 4 is 17.4 Å². The van der Waals surface area contributed by atoms with E-state index in [1.165, 1.54) is 0 Å². The summed E-state index contributed by atoms with van der Waals surface area (Å²) in [6, 6.07) is 3.37. The molecule has 5 atom stereocenters. The minimum atomic E-state index is -0.886. The Morgan fingerprint density at radius 1 is 1.19 bits per heavy atom. The highest BCUT2D eigenvalue weighted by atomic mass is 16.5. The minimum absolute atomic E-state index is 0.00202. The average molecular weight is 435 g/mol. The van der Waals surface area contributed by atoms with E-state index in [-0.39, 0.29) is 35.7 Å². The highest BCUT2D eigenvalue weighted by molar-refractivity contribution is 6.06. The molecule has 8 nitrogen and oxygen atoms in total. The number of hydrogen-bond acceptors (Lipinski definition) is 7. The topological polar surface area (TPSA) is 92.1 Å². The first-order valence-electron chi connectivity index (χ1n) is 11.1. The fourth-order valence-electron chi connectivity index (χ4n) is 6.95. The predicted molar refractivity (Wildman–Crippen MR) is 113 cm³/mol. The molecule has 1 saturated carbocycles. The van der Waals surface area contributed by atoms with Crippen molar-refractivity contribution in [1.82, 2.24) is 4.90 Å². The van der Waals surface area contributed by atoms with Gasteiger partial charge in [0.15, 0.2) is 17.7 Å². The van der Waals surface area contributed by atoms with Crippen LogP contribution in [0.25, 0.3) is 0 Å². The van der Waals surface area contributed by atoms with Gasteiger partial charge in [0.05, 0.1) is 50.5 Å². The lowest BCUT2D eigenvalue weighted by Gasteiger charge is -2.53. The summed E-state index contributed by atoms with van der Waals surface area (Å²) in [6.07, 6.45) is 5.27. The van der Waals surface area contributed by atoms with Crippen molar-refractivity contribution in [3.8, 4) is 17.7 Å². The van der Waals surface area contributed by atoms with E-state index in [0.717, 1.165) is 16.8 Å². The summed E-state index contributed by atoms with van der Waals surface area (Å²) >= 11 is 0. The van der Waals surface area contributed by atoms with Gasteiger partial charge in [-0.05, 0) is 29.5 Å². The number of nitriles is 1. The Labute approximate surface area is 186 Å². The molecule has 3 fully saturated rings. The van der Waals surface area contributed by atoms with Crippen LogP contribution < -0.4 is 14.4 Å². The van der Waals surface area contributed by atoms with Crippen molar-refractivity contribution in [3.63, 3.8) is 0 Å². The van der Waals surface area contributed by atoms with Crippen LogP contribution in [-0.4, -0.2) is 62.7 Å². The highest BCUT2D eigenvalue weighted by Crippen LogP contribution is 2.61. The maximum absolute atomic E-state index is 14.0. The molecule has 2 saturated heterocycles. The number of ether oxygens (including phenoxy) is 3. The van der Waals surface area contributed by atoms with Gasteiger partial charge in [0, 0.05) is 31.5 Å². The van der Waals surface area contributed by atoms with E-state index < -0.39 is 5.41 Å². The maximum atomic E-state index is 14.0. The largest absolute Gasteiger partial charge is 0.493 e. The van der Waals surface area contributed by atoms with Gasteiger partial charge in [0.2, 0.25) is 5.91 Å². The van der Waals surface area contributed by atoms with E-state index in [0.29, 0.717) is 50.5 Å². The zero-order chi connectivity index (χ0) is 22.2. The number of rotatable bonds is 2. The van der Waals surface area contributed by atoms with Crippen LogP contribution in [0.15, 0.2) is 23.8 Å². The van der Waals surface area contributed by atoms with Crippen molar-refractivity contribution in [3.05, 3.63) is 29.3 Å². The van der Waals surface area contributed by atoms with Crippen LogP contribution >= 0.6 is 0 Å². The summed E-state index contributed by atoms with van der Waals surface area (Å²) in [5.41, 5.74) is 1.74. The van der Waals surface area contributed by atoms with Crippen LogP contribution in [0.1, 0.15) is 24.8 Å². The summed E-state index contributed by atoms with van der Waals surface area (Å²) in [5.74, 6) is 1.15. The molecule has 0 N–H and O–H groups in total. The molecule has 1 amide bonds. The number of methoxy groups -OCH3 is 2. The number of Topliss-reactive ketones (excluding diaryl/α,β-unsaturated/α-hetero) is 1. The molecule has 1 aromatic carbocycles. The number of ketones is 1. The van der Waals surface area contributed by atoms with Gasteiger partial charge in [-0.3, -0.25) is 9.59 Å². The summed E-state index contributed by atoms with van der Waals surface area (Å²) < 4.78 is 17.3. The number of hydrogen-bond donors (Lipinski definition) is 0. The van der Waals surface area contributed by atoms with Crippen LogP contribution in [0.5, 0.6) is 11.5 Å². The standard InChI is InChI=1S/C24H25N3O5/c1-30-17-8-15-16(9-18(17)31-2)27-21(29)10-19-22-14-7-20(28)24(15,23(22)27)4-5-26(12-25)11-13(14)3-6-32-19/h3,8-9,14,19,22-23H,4-7,10-11H2,1-2H3. The Balaban J connectivity index is 1.65. The van der Waals surface area contributed by atoms with Gasteiger partial charge in [0.25, 0.3) is 0 Å². The minimum Gasteiger partial charge on any atom is -0.493 e. The van der Waals surface area contributed by atoms with E-state index >= 15 is 0 Å². The lowest BCUT2D eigenvalue weighted by atomic mass is 9.55. The quantitative estimate of drug-likeness (QED) is 0.516. The molecule has 4 bridgehead atoms. The third kappa shape index (κ3) is 2.29. The Kier molecular flexibility index (Phi) is 4.12. The second-order valence-corrected chi connectivity index (χ2v) is 9.34. The van der Waals surface area contributed by atoms with E-state index in [1.54, 1.807) is 19.1 Å². The average Bonchev–Trinajstić information content (AvgIpc) is 3.03. The fraction of sp³-hybridized carbons (Fsp3) is 0.542. The van der Waals surface area contributed by atoms with Crippen LogP contribution in [-0.2, 0) is 19.7 Å². The molecule has 32 heavy (non-hydrogen) atoms. The third-order valence-corrected chi connectivity index (χ3v) is 8.25. The van der Waals surface area contributed by atoms with Crippen LogP contribution in [0.3, 0.4) is 0 Å². The number of nitrogens with zero attached hydrogens (tertiary/aromatic N) is 3. The Morgan fingerprint density at radius 2 is 1.97 bits per heavy atom. The van der Waals surface area contributed by atoms with Gasteiger partial charge in [-0.2, -0.15) is 5.26 Å². The van der Waals surface area contributed by atoms with Crippen molar-refractivity contribution < 1.29 is 23.8 Å². The molecule has 4 aliphatic heterocycles. The molecule has 1 aliphatic carbocycles. The molecule has 6 rings (SSSR count). The molecule has 5 unspecified atom stereocenters. The Hall–Kier alpha value is -3.05. The maximum Gasteiger partial charge on any atom is 0.229 e. The fourth-order valence-corrected chi connectivity index (χ4v) is 6.95. The number of carbonyl (C=O) groups is 2. The van der Waals surface area contributed by atoms with E-state index in [4.69, 9.17) is 14.2 Å². The molecule has 0 spiro atoms. The predicted octanol–water partition coefficient (Wildman–Crippen LogP) is 1.78. The first-order valence-corrected chi connectivity index (χ1v) is 11.1. The molecule has 0 aromatic heterocycles. The molecule has 4 heterocycles. The zero-order valence-electron chi connectivity index (χ0n) is 18.2. The molecule has 166 valence electrons. The SMILES string of the molecule is COc1cc2c(cc1OC)C13CCN(C#N)CC4=CCOC5CC(=O)N2C1C5C4CC3=O. The van der Waals surface area contributed by atoms with Crippen LogP contribution in [0.2, 0.25) is 0 Å². The summed E-state index contributed by atoms with van der Waals surface area (Å²) in [4.78, 5) is 31.1. The number of amides is 1. The van der Waals surface area contributed by atoms with Gasteiger partial charge in [-0.1, -0.05) is 6.08 Å². The summed E-state index contributed by atoms with van der Waals surface area (Å²) in [7, 11) is 3.14. The van der Waals surface area contributed by atoms with E-state index in [9.17, 15) is 14.9 Å². The summed E-state index contributed by atoms with van der Waals surface area (Å²) in [5, 5.41) is 9.80. The number of anilines is 1. The molecular formula is C24H25N3O5. The normalized spacial score (nSPS) is 34.6. The summed E-state index contributed by atoms with van der Waals surface area (Å²) in [6.45, 7) is 1.37. The van der Waals surface area contributed by atoms with E-state index in [2.05, 4.69) is 6.19 Å². The van der Waals surface area contributed by atoms with E-state index in [1.807, 2.05) is 23.1 Å². The molecule has 8 heteroatoms. The van der Waals surface area contributed by atoms with Crippen molar-refractivity contribution in [2.24, 2.45) is 11.8 Å². The first kappa shape index (κ1) is 19.6. The van der Waals surface area contributed by atoms with Crippen molar-refractivity contribution in [1.29, 1.82) is 5.26 Å². The smallest absolute Gasteiger partial charge is 0.229 e. The van der Waals surface area contributed by atoms with Crippen LogP contribution in [0.4, 0.5) is 5.69 Å². The molecule has 0 radical (unpaired) electrons.